The molecule has 0 amide bonds. The number of aryl methyl sites for hydroxylation is 2. The molecule has 2 aromatic carbocycles. The van der Waals surface area contributed by atoms with Crippen LogP contribution in [-0.4, -0.2) is 109 Å². The van der Waals surface area contributed by atoms with E-state index >= 15 is 0 Å². The number of pyridine rings is 2. The molecule has 4 rings (SSSR count). The van der Waals surface area contributed by atoms with Gasteiger partial charge in [-0.1, -0.05) is 88.4 Å². The van der Waals surface area contributed by atoms with Crippen LogP contribution in [0.1, 0.15) is 67.8 Å². The Labute approximate surface area is 347 Å². The highest BCUT2D eigenvalue weighted by Gasteiger charge is 2.13. The van der Waals surface area contributed by atoms with Crippen molar-refractivity contribution in [2.75, 3.05) is 82.2 Å². The van der Waals surface area contributed by atoms with E-state index in [4.69, 9.17) is 14.6 Å². The summed E-state index contributed by atoms with van der Waals surface area (Å²) in [6.45, 7) is 17.3. The van der Waals surface area contributed by atoms with Gasteiger partial charge in [0, 0.05) is 73.9 Å². The van der Waals surface area contributed by atoms with Gasteiger partial charge in [-0.3, -0.25) is 9.97 Å². The Balaban J connectivity index is 0.000000310. The van der Waals surface area contributed by atoms with E-state index in [1.807, 2.05) is 44.4 Å². The fraction of sp³-hybridized carbons (Fsp3) is 0.458. The number of hydrogen-bond acceptors (Lipinski definition) is 10. The highest BCUT2D eigenvalue weighted by Crippen LogP contribution is 2.20. The lowest BCUT2D eigenvalue weighted by Gasteiger charge is -2.26. The van der Waals surface area contributed by atoms with Crippen LogP contribution in [-0.2, 0) is 9.47 Å². The Morgan fingerprint density at radius 2 is 1.02 bits per heavy atom. The summed E-state index contributed by atoms with van der Waals surface area (Å²) in [5.74, 6) is 1.18. The van der Waals surface area contributed by atoms with Gasteiger partial charge in [0.05, 0.1) is 39.6 Å². The molecule has 0 bridgehead atoms. The van der Waals surface area contributed by atoms with E-state index in [1.54, 1.807) is 0 Å². The van der Waals surface area contributed by atoms with Gasteiger partial charge >= 0.3 is 0 Å². The summed E-state index contributed by atoms with van der Waals surface area (Å²) >= 11 is 0. The zero-order chi connectivity index (χ0) is 42.1. The first-order valence-corrected chi connectivity index (χ1v) is 20.6. The lowest BCUT2D eigenvalue weighted by Crippen LogP contribution is -2.31. The molecular formula is C48H68N4O6. The van der Waals surface area contributed by atoms with Gasteiger partial charge in [-0.05, 0) is 90.8 Å². The Bertz CT molecular complexity index is 1710. The number of aliphatic hydroxyl groups is 4. The Morgan fingerprint density at radius 3 is 1.41 bits per heavy atom. The van der Waals surface area contributed by atoms with Crippen molar-refractivity contribution in [3.63, 3.8) is 0 Å². The third-order valence-corrected chi connectivity index (χ3v) is 9.71. The van der Waals surface area contributed by atoms with E-state index in [0.717, 1.165) is 64.5 Å². The zero-order valence-electron chi connectivity index (χ0n) is 35.6. The van der Waals surface area contributed by atoms with Gasteiger partial charge in [0.15, 0.2) is 0 Å². The minimum absolute atomic E-state index is 0.0906. The van der Waals surface area contributed by atoms with E-state index < -0.39 is 6.10 Å². The lowest BCUT2D eigenvalue weighted by molar-refractivity contribution is 0.00838. The topological polar surface area (TPSA) is 132 Å². The first kappa shape index (κ1) is 48.0. The van der Waals surface area contributed by atoms with Crippen LogP contribution in [0, 0.1) is 31.6 Å². The molecule has 10 nitrogen and oxygen atoms in total. The molecule has 0 aliphatic carbocycles. The predicted octanol–water partition coefficient (Wildman–Crippen LogP) is 7.42. The summed E-state index contributed by atoms with van der Waals surface area (Å²) in [5.41, 5.74) is 8.64. The number of anilines is 2. The van der Waals surface area contributed by atoms with Crippen molar-refractivity contribution in [2.24, 2.45) is 17.8 Å². The Morgan fingerprint density at radius 1 is 0.569 bits per heavy atom. The number of benzene rings is 2. The van der Waals surface area contributed by atoms with Crippen molar-refractivity contribution >= 4 is 35.7 Å². The third-order valence-electron chi connectivity index (χ3n) is 9.71. The maximum Gasteiger partial charge on any atom is 0.100 e. The molecule has 4 N–H and O–H groups in total. The molecule has 2 aromatic heterocycles. The highest BCUT2D eigenvalue weighted by molar-refractivity contribution is 5.71. The summed E-state index contributed by atoms with van der Waals surface area (Å²) in [5, 5.41) is 37.1. The van der Waals surface area contributed by atoms with E-state index in [9.17, 15) is 15.3 Å². The van der Waals surface area contributed by atoms with Gasteiger partial charge < -0.3 is 39.7 Å². The van der Waals surface area contributed by atoms with Crippen LogP contribution >= 0.6 is 0 Å². The number of aromatic nitrogens is 2. The zero-order valence-corrected chi connectivity index (χ0v) is 35.6. The van der Waals surface area contributed by atoms with Gasteiger partial charge in [-0.15, -0.1) is 0 Å². The van der Waals surface area contributed by atoms with Crippen LogP contribution in [0.5, 0.6) is 0 Å². The molecule has 316 valence electrons. The first-order valence-electron chi connectivity index (χ1n) is 20.6. The Kier molecular flexibility index (Phi) is 22.6. The molecular weight excluding hydrogens is 729 g/mol. The minimum atomic E-state index is -0.811. The normalized spacial score (nSPS) is 12.6. The molecule has 0 spiro atoms. The predicted molar refractivity (Wildman–Crippen MR) is 240 cm³/mol. The van der Waals surface area contributed by atoms with Crippen LogP contribution in [0.25, 0.3) is 24.3 Å². The molecule has 0 saturated heterocycles. The SMILES string of the molecule is Cc1ccc(/C=C/c2ccc(N(CCO)CCOCC(CO)C(C)C)cc2)cn1.Cc1ccc(/C=C/c2ccc(N(CCOCC(O)CO)CCC(C)C)cc2)cn1. The Hall–Kier alpha value is -4.42. The quantitative estimate of drug-likeness (QED) is 0.0532. The second-order valence-electron chi connectivity index (χ2n) is 15.4. The van der Waals surface area contributed by atoms with E-state index in [-0.39, 0.29) is 32.3 Å². The van der Waals surface area contributed by atoms with Crippen LogP contribution in [0.4, 0.5) is 11.4 Å². The summed E-state index contributed by atoms with van der Waals surface area (Å²) < 4.78 is 11.3. The summed E-state index contributed by atoms with van der Waals surface area (Å²) in [6, 6.07) is 24.9. The fourth-order valence-corrected chi connectivity index (χ4v) is 5.72. The van der Waals surface area contributed by atoms with Gasteiger partial charge in [0.25, 0.3) is 0 Å². The molecule has 2 heterocycles. The van der Waals surface area contributed by atoms with E-state index in [2.05, 4.69) is 126 Å². The molecule has 2 atom stereocenters. The number of rotatable bonds is 24. The second-order valence-corrected chi connectivity index (χ2v) is 15.4. The van der Waals surface area contributed by atoms with Gasteiger partial charge in [0.1, 0.15) is 6.10 Å². The molecule has 0 radical (unpaired) electrons. The first-order chi connectivity index (χ1) is 28.0. The molecule has 58 heavy (non-hydrogen) atoms. The van der Waals surface area contributed by atoms with E-state index in [0.29, 0.717) is 44.7 Å². The average molecular weight is 797 g/mol. The van der Waals surface area contributed by atoms with Crippen molar-refractivity contribution < 1.29 is 29.9 Å². The van der Waals surface area contributed by atoms with Crippen LogP contribution in [0.3, 0.4) is 0 Å². The van der Waals surface area contributed by atoms with Crippen molar-refractivity contribution in [1.82, 2.24) is 9.97 Å². The summed E-state index contributed by atoms with van der Waals surface area (Å²) in [6.07, 6.45) is 12.3. The number of nitrogens with zero attached hydrogens (tertiary/aromatic N) is 4. The van der Waals surface area contributed by atoms with Gasteiger partial charge in [-0.25, -0.2) is 0 Å². The standard InChI is InChI=1S/2C24H34N2O3/c1-19(2)23(17-28)18-29-15-13-26(12-14-27)24-10-8-21(9-11-24)6-7-22-5-4-20(3)25-16-22;1-19(2)12-13-26(14-15-29-18-24(28)17-27)23-10-8-21(9-11-23)6-7-22-5-4-20(3)25-16-22/h4-11,16,19,23,27-28H,12-15,17-18H2,1-3H3;4-11,16,19,24,27-28H,12-15,17-18H2,1-3H3/b2*7-6+. The van der Waals surface area contributed by atoms with Crippen molar-refractivity contribution in [1.29, 1.82) is 0 Å². The van der Waals surface area contributed by atoms with E-state index in [1.165, 1.54) is 0 Å². The van der Waals surface area contributed by atoms with Crippen LogP contribution in [0.15, 0.2) is 85.2 Å². The lowest BCUT2D eigenvalue weighted by atomic mass is 9.98. The van der Waals surface area contributed by atoms with Gasteiger partial charge in [-0.2, -0.15) is 0 Å². The molecule has 0 fully saturated rings. The second kappa shape index (κ2) is 27.3. The third kappa shape index (κ3) is 18.9. The molecule has 10 heteroatoms. The fourth-order valence-electron chi connectivity index (χ4n) is 5.72. The van der Waals surface area contributed by atoms with Crippen molar-refractivity contribution in [3.8, 4) is 0 Å². The number of ether oxygens (including phenoxy) is 2. The van der Waals surface area contributed by atoms with Crippen molar-refractivity contribution in [3.05, 3.63) is 119 Å². The molecule has 0 saturated carbocycles. The number of aliphatic hydroxyl groups excluding tert-OH is 4. The smallest absolute Gasteiger partial charge is 0.100 e. The molecule has 0 aliphatic rings. The summed E-state index contributed by atoms with van der Waals surface area (Å²) in [7, 11) is 0. The maximum absolute atomic E-state index is 9.41. The van der Waals surface area contributed by atoms with Crippen LogP contribution < -0.4 is 9.80 Å². The monoisotopic (exact) mass is 797 g/mol. The van der Waals surface area contributed by atoms with Crippen molar-refractivity contribution in [2.45, 2.75) is 54.1 Å². The molecule has 4 aromatic rings. The molecule has 0 aliphatic heterocycles. The molecule has 2 unspecified atom stereocenters. The highest BCUT2D eigenvalue weighted by atomic mass is 16.5. The average Bonchev–Trinajstić information content (AvgIpc) is 3.23. The summed E-state index contributed by atoms with van der Waals surface area (Å²) in [4.78, 5) is 13.0. The number of hydrogen-bond donors (Lipinski definition) is 4. The van der Waals surface area contributed by atoms with Gasteiger partial charge in [0.2, 0.25) is 0 Å². The largest absolute Gasteiger partial charge is 0.396 e. The minimum Gasteiger partial charge on any atom is -0.396 e. The van der Waals surface area contributed by atoms with Crippen LogP contribution in [0.2, 0.25) is 0 Å². The maximum atomic E-state index is 9.41.